The molecule has 1 heterocycles. The topological polar surface area (TPSA) is 3.88 Å². The van der Waals surface area contributed by atoms with Crippen molar-refractivity contribution in [2.45, 2.75) is 60.7 Å². The zero-order chi connectivity index (χ0) is 23.2. The zero-order valence-electron chi connectivity index (χ0n) is 22.0. The largest absolute Gasteiger partial charge is 0.212 e. The molecule has 1 nitrogen and oxygen atoms in total. The lowest BCUT2D eigenvalue weighted by molar-refractivity contribution is -0.661. The van der Waals surface area contributed by atoms with Gasteiger partial charge in [0.05, 0.1) is 0 Å². The average molecular weight is 331 g/mol. The van der Waals surface area contributed by atoms with E-state index >= 15 is 0 Å². The quantitative estimate of drug-likeness (QED) is 0.614. The summed E-state index contributed by atoms with van der Waals surface area (Å²) in [6.07, 6.45) is 0.261. The second-order valence-electron chi connectivity index (χ2n) is 7.26. The molecule has 130 valence electrons. The summed E-state index contributed by atoms with van der Waals surface area (Å²) in [5.74, 6) is -1.21. The fraction of sp³-hybridized carbons (Fsp3) is 0.522. The van der Waals surface area contributed by atoms with E-state index in [0.29, 0.717) is 16.7 Å². The molecule has 0 bridgehead atoms. The Morgan fingerprint density at radius 1 is 1.17 bits per heavy atom. The first kappa shape index (κ1) is 11.8. The highest BCUT2D eigenvalue weighted by atomic mass is 14.9. The summed E-state index contributed by atoms with van der Waals surface area (Å²) < 4.78 is 51.4. The first-order valence-corrected chi connectivity index (χ1v) is 8.67. The molecule has 24 heavy (non-hydrogen) atoms. The lowest BCUT2D eigenvalue weighted by Gasteiger charge is -2.20. The first-order chi connectivity index (χ1) is 13.5. The highest BCUT2D eigenvalue weighted by Gasteiger charge is 2.22. The van der Waals surface area contributed by atoms with Gasteiger partial charge in [0, 0.05) is 25.4 Å². The molecule has 2 aromatic rings. The van der Waals surface area contributed by atoms with Crippen molar-refractivity contribution in [2.75, 3.05) is 0 Å². The van der Waals surface area contributed by atoms with Crippen molar-refractivity contribution in [3.63, 3.8) is 0 Å². The molecule has 0 aliphatic rings. The van der Waals surface area contributed by atoms with Gasteiger partial charge in [-0.2, -0.15) is 0 Å². The standard InChI is InChI=1S/C23H34N/c1-15(2)11-20-13-23(21-10-9-17(5)12-18(21)6)24(8)14-22(20)19(7)16(3)4/h9-10,12-16,19H,11H2,1-8H3/q+1/i5D3,11D2,19D. The van der Waals surface area contributed by atoms with E-state index < -0.39 is 19.1 Å². The van der Waals surface area contributed by atoms with Crippen LogP contribution in [0.15, 0.2) is 30.5 Å². The third-order valence-electron chi connectivity index (χ3n) is 4.51. The molecular weight excluding hydrogens is 290 g/mol. The summed E-state index contributed by atoms with van der Waals surface area (Å²) >= 11 is 0. The normalized spacial score (nSPS) is 19.0. The van der Waals surface area contributed by atoms with Gasteiger partial charge in [-0.1, -0.05) is 52.3 Å². The van der Waals surface area contributed by atoms with Gasteiger partial charge in [-0.05, 0) is 55.1 Å². The Morgan fingerprint density at radius 3 is 2.42 bits per heavy atom. The Kier molecular flexibility index (Phi) is 3.70. The molecule has 0 amide bonds. The molecule has 1 unspecified atom stereocenters. The Hall–Kier alpha value is -1.63. The highest BCUT2D eigenvalue weighted by Crippen LogP contribution is 2.30. The van der Waals surface area contributed by atoms with Crippen LogP contribution in [0, 0.1) is 25.6 Å². The smallest absolute Gasteiger partial charge is 0.201 e. The molecule has 0 aliphatic carbocycles. The van der Waals surface area contributed by atoms with Gasteiger partial charge in [0.15, 0.2) is 6.20 Å². The Bertz CT molecular complexity index is 926. The minimum Gasteiger partial charge on any atom is -0.201 e. The van der Waals surface area contributed by atoms with E-state index in [4.69, 9.17) is 8.22 Å². The number of hydrogen-bond acceptors (Lipinski definition) is 0. The molecule has 0 fully saturated rings. The zero-order valence-corrected chi connectivity index (χ0v) is 16.0. The number of hydrogen-bond donors (Lipinski definition) is 0. The molecule has 1 heteroatoms. The summed E-state index contributed by atoms with van der Waals surface area (Å²) in [5, 5.41) is 0. The van der Waals surface area contributed by atoms with Crippen LogP contribution in [0.25, 0.3) is 11.3 Å². The van der Waals surface area contributed by atoms with E-state index in [0.717, 1.165) is 16.8 Å². The molecule has 2 rings (SSSR count). The number of aryl methyl sites for hydroxylation is 3. The predicted molar refractivity (Wildman–Crippen MR) is 104 cm³/mol. The van der Waals surface area contributed by atoms with Crippen LogP contribution in [-0.4, -0.2) is 0 Å². The van der Waals surface area contributed by atoms with Gasteiger partial charge in [-0.15, -0.1) is 0 Å². The third-order valence-corrected chi connectivity index (χ3v) is 4.51. The lowest BCUT2D eigenvalue weighted by atomic mass is 9.85. The average Bonchev–Trinajstić information content (AvgIpc) is 2.60. The van der Waals surface area contributed by atoms with Crippen molar-refractivity contribution < 1.29 is 12.8 Å². The molecule has 1 aromatic carbocycles. The van der Waals surface area contributed by atoms with E-state index in [2.05, 4.69) is 0 Å². The predicted octanol–water partition coefficient (Wildman–Crippen LogP) is 5.75. The van der Waals surface area contributed by atoms with E-state index in [1.807, 2.05) is 65.4 Å². The van der Waals surface area contributed by atoms with Gasteiger partial charge in [-0.3, -0.25) is 0 Å². The fourth-order valence-electron chi connectivity index (χ4n) is 2.92. The van der Waals surface area contributed by atoms with Gasteiger partial charge in [0.1, 0.15) is 7.05 Å². The number of aromatic nitrogens is 1. The van der Waals surface area contributed by atoms with Crippen molar-refractivity contribution in [3.05, 3.63) is 52.7 Å². The van der Waals surface area contributed by atoms with E-state index in [9.17, 15) is 0 Å². The SMILES string of the molecule is [2H]C([2H])([2H])c1ccc(-c2cc(C([2H])([2H])C(C)C)c(C([2H])(C)C(C)C)c[n+]2C)c(C)c1. The van der Waals surface area contributed by atoms with Crippen LogP contribution in [0.5, 0.6) is 0 Å². The van der Waals surface area contributed by atoms with Crippen molar-refractivity contribution >= 4 is 0 Å². The molecule has 0 N–H and O–H groups in total. The summed E-state index contributed by atoms with van der Waals surface area (Å²) in [5.41, 5.74) is 3.97. The monoisotopic (exact) mass is 330 g/mol. The number of rotatable bonds is 5. The van der Waals surface area contributed by atoms with Crippen LogP contribution in [-0.2, 0) is 13.4 Å². The van der Waals surface area contributed by atoms with Crippen molar-refractivity contribution in [3.8, 4) is 11.3 Å². The maximum absolute atomic E-state index is 8.95. The Balaban J connectivity index is 2.82. The lowest BCUT2D eigenvalue weighted by Crippen LogP contribution is -2.33. The minimum absolute atomic E-state index is 0.00497. The Labute approximate surface area is 157 Å². The van der Waals surface area contributed by atoms with Gasteiger partial charge in [-0.25, -0.2) is 4.57 Å². The maximum Gasteiger partial charge on any atom is 0.212 e. The number of nitrogens with zero attached hydrogens (tertiary/aromatic N) is 1. The third kappa shape index (κ3) is 4.06. The highest BCUT2D eigenvalue weighted by molar-refractivity contribution is 5.62. The molecule has 0 saturated carbocycles. The minimum atomic E-state index is -2.17. The first-order valence-electron chi connectivity index (χ1n) is 11.7. The summed E-state index contributed by atoms with van der Waals surface area (Å²) in [6.45, 7) is 9.20. The van der Waals surface area contributed by atoms with Gasteiger partial charge >= 0.3 is 0 Å². The van der Waals surface area contributed by atoms with E-state index in [1.165, 1.54) is 0 Å². The van der Waals surface area contributed by atoms with Gasteiger partial charge in [0.2, 0.25) is 5.69 Å². The summed E-state index contributed by atoms with van der Waals surface area (Å²) in [4.78, 5) is 0. The van der Waals surface area contributed by atoms with Crippen molar-refractivity contribution in [2.24, 2.45) is 18.9 Å². The van der Waals surface area contributed by atoms with Crippen LogP contribution >= 0.6 is 0 Å². The van der Waals surface area contributed by atoms with Crippen LogP contribution < -0.4 is 4.57 Å². The number of benzene rings is 1. The number of pyridine rings is 1. The maximum atomic E-state index is 8.95. The van der Waals surface area contributed by atoms with E-state index in [1.54, 1.807) is 18.2 Å². The fourth-order valence-corrected chi connectivity index (χ4v) is 2.92. The van der Waals surface area contributed by atoms with E-state index in [-0.39, 0.29) is 11.8 Å². The van der Waals surface area contributed by atoms with Crippen molar-refractivity contribution in [1.29, 1.82) is 0 Å². The van der Waals surface area contributed by atoms with Crippen LogP contribution in [0.2, 0.25) is 0 Å². The van der Waals surface area contributed by atoms with Gasteiger partial charge < -0.3 is 0 Å². The second-order valence-corrected chi connectivity index (χ2v) is 7.26. The molecule has 0 radical (unpaired) electrons. The summed E-state index contributed by atoms with van der Waals surface area (Å²) in [6, 6.07) is 6.93. The molecule has 1 aromatic heterocycles. The molecule has 0 saturated heterocycles. The molecule has 0 spiro atoms. The molecule has 1 atom stereocenters. The van der Waals surface area contributed by atoms with Crippen LogP contribution in [0.1, 0.15) is 71.0 Å². The molecule has 0 aliphatic heterocycles. The summed E-state index contributed by atoms with van der Waals surface area (Å²) in [7, 11) is 1.89. The van der Waals surface area contributed by atoms with Crippen molar-refractivity contribution in [1.82, 2.24) is 0 Å². The van der Waals surface area contributed by atoms with Crippen LogP contribution in [0.4, 0.5) is 0 Å². The van der Waals surface area contributed by atoms with Crippen LogP contribution in [0.3, 0.4) is 0 Å². The second kappa shape index (κ2) is 7.51. The molecular formula is C23H34N+. The van der Waals surface area contributed by atoms with Gasteiger partial charge in [0.25, 0.3) is 0 Å². The Morgan fingerprint density at radius 2 is 1.88 bits per heavy atom.